The first kappa shape index (κ1) is 14.0. The van der Waals surface area contributed by atoms with Crippen molar-refractivity contribution in [1.29, 1.82) is 0 Å². The number of alkyl halides is 1. The van der Waals surface area contributed by atoms with E-state index in [0.29, 0.717) is 18.3 Å². The predicted octanol–water partition coefficient (Wildman–Crippen LogP) is 3.00. The summed E-state index contributed by atoms with van der Waals surface area (Å²) in [6.07, 6.45) is 2.02. The summed E-state index contributed by atoms with van der Waals surface area (Å²) >= 11 is 5.88. The van der Waals surface area contributed by atoms with Crippen LogP contribution in [-0.2, 0) is 0 Å². The van der Waals surface area contributed by atoms with Gasteiger partial charge in [-0.25, -0.2) is 4.98 Å². The van der Waals surface area contributed by atoms with Crippen molar-refractivity contribution in [1.82, 2.24) is 9.97 Å². The van der Waals surface area contributed by atoms with Gasteiger partial charge in [0.2, 0.25) is 5.88 Å². The molecule has 0 saturated heterocycles. The van der Waals surface area contributed by atoms with Crippen LogP contribution in [0.2, 0.25) is 0 Å². The van der Waals surface area contributed by atoms with Gasteiger partial charge in [-0.3, -0.25) is 0 Å². The Morgan fingerprint density at radius 2 is 2.24 bits per heavy atom. The molecule has 1 atom stereocenters. The average Bonchev–Trinajstić information content (AvgIpc) is 2.24. The normalized spacial score (nSPS) is 12.2. The van der Waals surface area contributed by atoms with Gasteiger partial charge in [0.05, 0.1) is 6.61 Å². The molecule has 0 saturated carbocycles. The minimum atomic E-state index is 0.225. The molecule has 5 heteroatoms. The summed E-state index contributed by atoms with van der Waals surface area (Å²) in [5.41, 5.74) is 0. The van der Waals surface area contributed by atoms with Gasteiger partial charge in [0.15, 0.2) is 0 Å². The van der Waals surface area contributed by atoms with E-state index in [-0.39, 0.29) is 5.38 Å². The number of hydrogen-bond acceptors (Lipinski definition) is 4. The van der Waals surface area contributed by atoms with Gasteiger partial charge >= 0.3 is 0 Å². The van der Waals surface area contributed by atoms with Crippen molar-refractivity contribution in [2.75, 3.05) is 18.5 Å². The topological polar surface area (TPSA) is 47.0 Å². The summed E-state index contributed by atoms with van der Waals surface area (Å²) < 4.78 is 5.36. The van der Waals surface area contributed by atoms with Crippen LogP contribution in [0.1, 0.15) is 32.5 Å². The number of ether oxygens (including phenoxy) is 1. The van der Waals surface area contributed by atoms with Gasteiger partial charge in [-0.1, -0.05) is 0 Å². The van der Waals surface area contributed by atoms with E-state index in [1.165, 1.54) is 0 Å². The predicted molar refractivity (Wildman–Crippen MR) is 71.0 cm³/mol. The van der Waals surface area contributed by atoms with Crippen LogP contribution in [-0.4, -0.2) is 28.5 Å². The number of aromatic nitrogens is 2. The Morgan fingerprint density at radius 3 is 2.88 bits per heavy atom. The van der Waals surface area contributed by atoms with Crippen LogP contribution >= 0.6 is 11.6 Å². The third-order valence-electron chi connectivity index (χ3n) is 2.19. The molecule has 1 unspecified atom stereocenters. The highest BCUT2D eigenvalue weighted by Crippen LogP contribution is 2.13. The second-order valence-corrected chi connectivity index (χ2v) is 4.67. The lowest BCUT2D eigenvalue weighted by atomic mass is 10.2. The van der Waals surface area contributed by atoms with Crippen LogP contribution in [0.15, 0.2) is 6.07 Å². The molecule has 0 radical (unpaired) electrons. The summed E-state index contributed by atoms with van der Waals surface area (Å²) in [6.45, 7) is 7.27. The van der Waals surface area contributed by atoms with Crippen LogP contribution in [0.4, 0.5) is 5.82 Å². The quantitative estimate of drug-likeness (QED) is 0.603. The Bertz CT molecular complexity index is 345. The number of rotatable bonds is 7. The minimum absolute atomic E-state index is 0.225. The van der Waals surface area contributed by atoms with E-state index in [1.807, 2.05) is 26.8 Å². The summed E-state index contributed by atoms with van der Waals surface area (Å²) in [7, 11) is 0. The van der Waals surface area contributed by atoms with Crippen molar-refractivity contribution < 1.29 is 4.74 Å². The Hall–Kier alpha value is -1.03. The fourth-order valence-electron chi connectivity index (χ4n) is 1.45. The third kappa shape index (κ3) is 5.73. The molecule has 1 aromatic heterocycles. The Kier molecular flexibility index (Phi) is 6.05. The van der Waals surface area contributed by atoms with Gasteiger partial charge in [0.1, 0.15) is 11.6 Å². The smallest absolute Gasteiger partial charge is 0.218 e. The lowest BCUT2D eigenvalue weighted by molar-refractivity contribution is 0.325. The maximum atomic E-state index is 5.88. The standard InChI is InChI=1S/C12H20ClN3O/c1-4-17-12-8-11(15-10(3)16-12)14-7-5-6-9(2)13/h8-9H,4-7H2,1-3H3,(H,14,15,16). The lowest BCUT2D eigenvalue weighted by Crippen LogP contribution is -2.07. The van der Waals surface area contributed by atoms with E-state index < -0.39 is 0 Å². The molecular weight excluding hydrogens is 238 g/mol. The monoisotopic (exact) mass is 257 g/mol. The fourth-order valence-corrected chi connectivity index (χ4v) is 1.61. The van der Waals surface area contributed by atoms with Gasteiger partial charge in [-0.15, -0.1) is 11.6 Å². The molecule has 17 heavy (non-hydrogen) atoms. The molecule has 0 aliphatic heterocycles. The van der Waals surface area contributed by atoms with Crippen molar-refractivity contribution in [3.63, 3.8) is 0 Å². The first-order valence-electron chi connectivity index (χ1n) is 5.98. The molecule has 0 spiro atoms. The van der Waals surface area contributed by atoms with Crippen molar-refractivity contribution in [2.45, 2.75) is 39.0 Å². The summed E-state index contributed by atoms with van der Waals surface area (Å²) in [5.74, 6) is 2.14. The first-order valence-corrected chi connectivity index (χ1v) is 6.42. The Morgan fingerprint density at radius 1 is 1.47 bits per heavy atom. The van der Waals surface area contributed by atoms with E-state index in [2.05, 4.69) is 15.3 Å². The van der Waals surface area contributed by atoms with Crippen LogP contribution < -0.4 is 10.1 Å². The van der Waals surface area contributed by atoms with Crippen LogP contribution in [0.5, 0.6) is 5.88 Å². The number of aryl methyl sites for hydroxylation is 1. The van der Waals surface area contributed by atoms with Crippen LogP contribution in [0, 0.1) is 6.92 Å². The zero-order valence-electron chi connectivity index (χ0n) is 10.7. The molecule has 1 N–H and O–H groups in total. The molecule has 4 nitrogen and oxygen atoms in total. The molecular formula is C12H20ClN3O. The van der Waals surface area contributed by atoms with Gasteiger partial charge in [-0.05, 0) is 33.6 Å². The lowest BCUT2D eigenvalue weighted by Gasteiger charge is -2.09. The van der Waals surface area contributed by atoms with Crippen molar-refractivity contribution in [3.8, 4) is 5.88 Å². The summed E-state index contributed by atoms with van der Waals surface area (Å²) in [6, 6.07) is 1.82. The van der Waals surface area contributed by atoms with Crippen LogP contribution in [0.3, 0.4) is 0 Å². The maximum absolute atomic E-state index is 5.88. The molecule has 0 aromatic carbocycles. The van der Waals surface area contributed by atoms with Crippen molar-refractivity contribution in [3.05, 3.63) is 11.9 Å². The average molecular weight is 258 g/mol. The molecule has 1 aromatic rings. The number of anilines is 1. The third-order valence-corrected chi connectivity index (χ3v) is 2.41. The van der Waals surface area contributed by atoms with Gasteiger partial charge in [-0.2, -0.15) is 4.98 Å². The SMILES string of the molecule is CCOc1cc(NCCCC(C)Cl)nc(C)n1. The van der Waals surface area contributed by atoms with Crippen LogP contribution in [0.25, 0.3) is 0 Å². The minimum Gasteiger partial charge on any atom is -0.478 e. The summed E-state index contributed by atoms with van der Waals surface area (Å²) in [4.78, 5) is 8.48. The molecule has 96 valence electrons. The van der Waals surface area contributed by atoms with Gasteiger partial charge < -0.3 is 10.1 Å². The Labute approximate surface area is 108 Å². The van der Waals surface area contributed by atoms with E-state index in [9.17, 15) is 0 Å². The molecule has 0 aliphatic rings. The van der Waals surface area contributed by atoms with E-state index in [0.717, 1.165) is 25.2 Å². The fraction of sp³-hybridized carbons (Fsp3) is 0.667. The van der Waals surface area contributed by atoms with Gasteiger partial charge in [0, 0.05) is 18.0 Å². The number of hydrogen-bond donors (Lipinski definition) is 1. The van der Waals surface area contributed by atoms with Crippen molar-refractivity contribution in [2.24, 2.45) is 0 Å². The highest BCUT2D eigenvalue weighted by Gasteiger charge is 2.02. The summed E-state index contributed by atoms with van der Waals surface area (Å²) in [5, 5.41) is 3.47. The van der Waals surface area contributed by atoms with Gasteiger partial charge in [0.25, 0.3) is 0 Å². The van der Waals surface area contributed by atoms with Crippen molar-refractivity contribution >= 4 is 17.4 Å². The second-order valence-electron chi connectivity index (χ2n) is 3.92. The molecule has 0 fully saturated rings. The number of nitrogens with one attached hydrogen (secondary N) is 1. The largest absolute Gasteiger partial charge is 0.478 e. The molecule has 1 heterocycles. The Balaban J connectivity index is 2.46. The molecule has 0 amide bonds. The molecule has 0 bridgehead atoms. The molecule has 0 aliphatic carbocycles. The highest BCUT2D eigenvalue weighted by molar-refractivity contribution is 6.20. The van der Waals surface area contributed by atoms with E-state index in [1.54, 1.807) is 0 Å². The highest BCUT2D eigenvalue weighted by atomic mass is 35.5. The maximum Gasteiger partial charge on any atom is 0.218 e. The first-order chi connectivity index (χ1) is 8.11. The van der Waals surface area contributed by atoms with E-state index in [4.69, 9.17) is 16.3 Å². The number of nitrogens with zero attached hydrogens (tertiary/aromatic N) is 2. The van der Waals surface area contributed by atoms with E-state index >= 15 is 0 Å². The molecule has 1 rings (SSSR count). The number of halogens is 1. The second kappa shape index (κ2) is 7.33. The zero-order valence-corrected chi connectivity index (χ0v) is 11.4. The zero-order chi connectivity index (χ0) is 12.7.